The molecule has 16 rings (SSSR count). The lowest BCUT2D eigenvalue weighted by Crippen LogP contribution is -2.26. The minimum atomic E-state index is -0.530. The summed E-state index contributed by atoms with van der Waals surface area (Å²) < 4.78 is 2.47. The van der Waals surface area contributed by atoms with Gasteiger partial charge >= 0.3 is 0 Å². The van der Waals surface area contributed by atoms with Gasteiger partial charge in [0.1, 0.15) is 0 Å². The van der Waals surface area contributed by atoms with E-state index in [2.05, 4.69) is 276 Å². The number of nitrogens with zero attached hydrogens (tertiary/aromatic N) is 2. The molecule has 0 aliphatic heterocycles. The smallest absolute Gasteiger partial charge is 0.0726 e. The highest BCUT2D eigenvalue weighted by Crippen LogP contribution is 2.64. The summed E-state index contributed by atoms with van der Waals surface area (Å²) in [5.41, 5.74) is 19.0. The van der Waals surface area contributed by atoms with E-state index in [1.807, 2.05) is 0 Å². The Bertz CT molecular complexity index is 4540. The molecule has 0 radical (unpaired) electrons. The lowest BCUT2D eigenvalue weighted by Gasteiger charge is -2.33. The van der Waals surface area contributed by atoms with Gasteiger partial charge in [0.15, 0.2) is 0 Å². The average molecular weight is 925 g/mol. The van der Waals surface area contributed by atoms with Crippen molar-refractivity contribution in [2.45, 2.75) is 5.41 Å². The van der Waals surface area contributed by atoms with Crippen molar-refractivity contribution in [3.8, 4) is 39.1 Å². The molecule has 0 saturated carbocycles. The minimum Gasteiger partial charge on any atom is -0.310 e. The Labute approximate surface area is 422 Å². The molecule has 338 valence electrons. The average Bonchev–Trinajstić information content (AvgIpc) is 4.08. The fourth-order valence-electron chi connectivity index (χ4n) is 13.4. The second kappa shape index (κ2) is 15.3. The highest BCUT2D eigenvalue weighted by molar-refractivity contribution is 6.26. The Morgan fingerprint density at radius 2 is 0.781 bits per heavy atom. The summed E-state index contributed by atoms with van der Waals surface area (Å²) in [6.07, 6.45) is 0. The van der Waals surface area contributed by atoms with Crippen LogP contribution in [0.1, 0.15) is 22.3 Å². The van der Waals surface area contributed by atoms with E-state index < -0.39 is 5.41 Å². The zero-order valence-corrected chi connectivity index (χ0v) is 39.8. The van der Waals surface area contributed by atoms with Crippen LogP contribution in [0, 0.1) is 0 Å². The van der Waals surface area contributed by atoms with Gasteiger partial charge in [-0.05, 0) is 148 Å². The second-order valence-electron chi connectivity index (χ2n) is 19.9. The summed E-state index contributed by atoms with van der Waals surface area (Å²) in [7, 11) is 0. The molecule has 1 spiro atoms. The van der Waals surface area contributed by atoms with Crippen LogP contribution in [0.25, 0.3) is 104 Å². The molecule has 0 saturated heterocycles. The first-order valence-electron chi connectivity index (χ1n) is 25.4. The fourth-order valence-corrected chi connectivity index (χ4v) is 13.4. The summed E-state index contributed by atoms with van der Waals surface area (Å²) in [6, 6.07) is 100. The Morgan fingerprint density at radius 1 is 0.288 bits per heavy atom. The molecule has 0 N–H and O–H groups in total. The van der Waals surface area contributed by atoms with E-state index in [1.54, 1.807) is 0 Å². The molecule has 1 heterocycles. The van der Waals surface area contributed by atoms with Gasteiger partial charge in [-0.1, -0.05) is 212 Å². The summed E-state index contributed by atoms with van der Waals surface area (Å²) in [4.78, 5) is 2.57. The quantitative estimate of drug-likeness (QED) is 0.156. The third-order valence-corrected chi connectivity index (χ3v) is 16.3. The van der Waals surface area contributed by atoms with Crippen LogP contribution in [0.15, 0.2) is 267 Å². The summed E-state index contributed by atoms with van der Waals surface area (Å²) in [5, 5.41) is 12.5. The number of anilines is 3. The van der Waals surface area contributed by atoms with E-state index in [4.69, 9.17) is 0 Å². The zero-order valence-electron chi connectivity index (χ0n) is 39.8. The number of fused-ring (bicyclic) bond motifs is 21. The van der Waals surface area contributed by atoms with Gasteiger partial charge in [-0.3, -0.25) is 0 Å². The Kier molecular flexibility index (Phi) is 8.41. The number of aromatic nitrogens is 1. The second-order valence-corrected chi connectivity index (χ2v) is 19.9. The van der Waals surface area contributed by atoms with Crippen molar-refractivity contribution >= 4 is 82.0 Å². The van der Waals surface area contributed by atoms with Gasteiger partial charge in [-0.25, -0.2) is 0 Å². The van der Waals surface area contributed by atoms with Gasteiger partial charge in [0.05, 0.1) is 22.1 Å². The Balaban J connectivity index is 1.06. The van der Waals surface area contributed by atoms with Crippen molar-refractivity contribution in [2.75, 3.05) is 4.90 Å². The van der Waals surface area contributed by atoms with Crippen molar-refractivity contribution < 1.29 is 0 Å². The largest absolute Gasteiger partial charge is 0.310 e. The number of para-hydroxylation sites is 1. The maximum absolute atomic E-state index is 2.57. The van der Waals surface area contributed by atoms with Gasteiger partial charge in [0.25, 0.3) is 0 Å². The topological polar surface area (TPSA) is 8.17 Å². The van der Waals surface area contributed by atoms with Crippen LogP contribution < -0.4 is 4.90 Å². The van der Waals surface area contributed by atoms with Crippen LogP contribution in [-0.4, -0.2) is 4.57 Å². The Morgan fingerprint density at radius 3 is 1.42 bits per heavy atom. The molecule has 2 aliphatic rings. The van der Waals surface area contributed by atoms with Crippen LogP contribution >= 0.6 is 0 Å². The van der Waals surface area contributed by atoms with Crippen molar-refractivity contribution in [1.82, 2.24) is 4.57 Å². The third-order valence-electron chi connectivity index (χ3n) is 16.3. The number of hydrogen-bond donors (Lipinski definition) is 0. The van der Waals surface area contributed by atoms with Gasteiger partial charge in [-0.2, -0.15) is 0 Å². The summed E-state index contributed by atoms with van der Waals surface area (Å²) >= 11 is 0. The molecule has 0 bridgehead atoms. The maximum Gasteiger partial charge on any atom is 0.0726 e. The van der Waals surface area contributed by atoms with Crippen LogP contribution in [0.3, 0.4) is 0 Å². The van der Waals surface area contributed by atoms with E-state index >= 15 is 0 Å². The molecule has 2 nitrogen and oxygen atoms in total. The standard InChI is InChI=1S/C71H44N2/c1-3-19-45(20-4-1)60-43-62-58-31-15-18-34-65(58)71(63-32-16-13-29-56(63)57-30-14-17-33-64(57)71)66(62)44-69(60)72(48-36-38-55-53-27-10-9-25-51(53)52-26-11-12-28-54(52)61(55)41-48)49-37-39-59-68(42-49)73(47-22-5-2-6-23-47)67-40-35-46-21-7-8-24-50(46)70(59)67/h1-44H. The van der Waals surface area contributed by atoms with E-state index in [0.717, 1.165) is 28.3 Å². The monoisotopic (exact) mass is 924 g/mol. The predicted molar refractivity (Wildman–Crippen MR) is 307 cm³/mol. The maximum atomic E-state index is 2.57. The molecular weight excluding hydrogens is 881 g/mol. The van der Waals surface area contributed by atoms with E-state index in [0.29, 0.717) is 0 Å². The van der Waals surface area contributed by atoms with Gasteiger partial charge in [-0.15, -0.1) is 0 Å². The van der Waals surface area contributed by atoms with Gasteiger partial charge in [0, 0.05) is 33.4 Å². The van der Waals surface area contributed by atoms with E-state index in [-0.39, 0.29) is 0 Å². The fraction of sp³-hybridized carbons (Fsp3) is 0.0141. The minimum absolute atomic E-state index is 0.530. The first kappa shape index (κ1) is 40.3. The molecule has 13 aromatic carbocycles. The van der Waals surface area contributed by atoms with Crippen molar-refractivity contribution in [3.63, 3.8) is 0 Å². The molecule has 2 aliphatic carbocycles. The summed E-state index contributed by atoms with van der Waals surface area (Å²) in [5.74, 6) is 0. The van der Waals surface area contributed by atoms with Gasteiger partial charge < -0.3 is 9.47 Å². The predicted octanol–water partition coefficient (Wildman–Crippen LogP) is 18.9. The van der Waals surface area contributed by atoms with Crippen LogP contribution in [-0.2, 0) is 5.41 Å². The molecule has 0 amide bonds. The number of benzene rings is 13. The number of hydrogen-bond acceptors (Lipinski definition) is 1. The van der Waals surface area contributed by atoms with E-state index in [9.17, 15) is 0 Å². The molecule has 1 aromatic heterocycles. The SMILES string of the molecule is c1ccc(-c2cc3c(cc2N(c2ccc4c5ccccc5c5ccccc5c4c2)c2ccc4c5c6ccccc6ccc5n(-c5ccccc5)c4c2)C2(c4ccccc4-c4ccccc42)c2ccccc2-3)cc1. The first-order valence-corrected chi connectivity index (χ1v) is 25.4. The first-order chi connectivity index (χ1) is 36.2. The van der Waals surface area contributed by atoms with Crippen LogP contribution in [0.4, 0.5) is 17.1 Å². The van der Waals surface area contributed by atoms with E-state index in [1.165, 1.54) is 115 Å². The lowest BCUT2D eigenvalue weighted by atomic mass is 9.70. The molecule has 0 atom stereocenters. The van der Waals surface area contributed by atoms with Crippen molar-refractivity contribution in [3.05, 3.63) is 289 Å². The van der Waals surface area contributed by atoms with Crippen LogP contribution in [0.5, 0.6) is 0 Å². The molecule has 0 fully saturated rings. The molecular formula is C71H44N2. The molecule has 2 heteroatoms. The molecule has 0 unspecified atom stereocenters. The lowest BCUT2D eigenvalue weighted by molar-refractivity contribution is 0.794. The van der Waals surface area contributed by atoms with Crippen LogP contribution in [0.2, 0.25) is 0 Å². The van der Waals surface area contributed by atoms with Gasteiger partial charge in [0.2, 0.25) is 0 Å². The molecule has 73 heavy (non-hydrogen) atoms. The summed E-state index contributed by atoms with van der Waals surface area (Å²) in [6.45, 7) is 0. The van der Waals surface area contributed by atoms with Crippen molar-refractivity contribution in [2.24, 2.45) is 0 Å². The molecule has 14 aromatic rings. The highest BCUT2D eigenvalue weighted by atomic mass is 15.1. The van der Waals surface area contributed by atoms with Crippen molar-refractivity contribution in [1.29, 1.82) is 0 Å². The number of rotatable bonds is 5. The highest BCUT2D eigenvalue weighted by Gasteiger charge is 2.52. The zero-order chi connectivity index (χ0) is 47.8. The third kappa shape index (κ3) is 5.52. The Hall–Kier alpha value is -9.50. The normalized spacial score (nSPS) is 13.0.